The zero-order valence-electron chi connectivity index (χ0n) is 13.2. The van der Waals surface area contributed by atoms with Crippen molar-refractivity contribution in [3.8, 4) is 0 Å². The molecule has 2 aliphatic rings. The second kappa shape index (κ2) is 5.50. The Kier molecular flexibility index (Phi) is 3.87. The average Bonchev–Trinajstić information content (AvgIpc) is 2.87. The maximum atomic E-state index is 6.54. The van der Waals surface area contributed by atoms with E-state index < -0.39 is 0 Å². The van der Waals surface area contributed by atoms with Crippen molar-refractivity contribution in [1.82, 2.24) is 4.90 Å². The van der Waals surface area contributed by atoms with Gasteiger partial charge in [0.25, 0.3) is 0 Å². The Morgan fingerprint density at radius 2 is 1.65 bits per heavy atom. The van der Waals surface area contributed by atoms with Crippen LogP contribution in [0.4, 0.5) is 0 Å². The Labute approximate surface area is 123 Å². The first-order valence-electron chi connectivity index (χ1n) is 8.10. The summed E-state index contributed by atoms with van der Waals surface area (Å²) in [6.45, 7) is 10.2. The molecule has 2 N–H and O–H groups in total. The number of aryl methyl sites for hydroxylation is 3. The molecule has 0 bridgehead atoms. The quantitative estimate of drug-likeness (QED) is 0.914. The highest BCUT2D eigenvalue weighted by atomic mass is 15.2. The lowest BCUT2D eigenvalue weighted by Crippen LogP contribution is -2.32. The minimum atomic E-state index is 0.162. The smallest absolute Gasteiger partial charge is 0.0429 e. The first kappa shape index (κ1) is 14.1. The Balaban J connectivity index is 1.69. The molecule has 1 heterocycles. The summed E-state index contributed by atoms with van der Waals surface area (Å²) in [5.41, 5.74) is 12.0. The van der Waals surface area contributed by atoms with Crippen LogP contribution in [0.25, 0.3) is 0 Å². The predicted molar refractivity (Wildman–Crippen MR) is 84.9 cm³/mol. The van der Waals surface area contributed by atoms with Crippen LogP contribution in [-0.4, -0.2) is 24.5 Å². The van der Waals surface area contributed by atoms with Crippen molar-refractivity contribution >= 4 is 0 Å². The second-order valence-electron chi connectivity index (χ2n) is 7.09. The van der Waals surface area contributed by atoms with Crippen LogP contribution in [0.3, 0.4) is 0 Å². The van der Waals surface area contributed by atoms with Gasteiger partial charge in [0.15, 0.2) is 0 Å². The van der Waals surface area contributed by atoms with E-state index in [9.17, 15) is 0 Å². The van der Waals surface area contributed by atoms with Crippen molar-refractivity contribution in [2.24, 2.45) is 17.6 Å². The van der Waals surface area contributed by atoms with Gasteiger partial charge in [0.1, 0.15) is 0 Å². The molecule has 2 nitrogen and oxygen atoms in total. The lowest BCUT2D eigenvalue weighted by Gasteiger charge is -2.24. The van der Waals surface area contributed by atoms with Gasteiger partial charge in [0.2, 0.25) is 0 Å². The third-order valence-corrected chi connectivity index (χ3v) is 5.37. The summed E-state index contributed by atoms with van der Waals surface area (Å²) in [5.74, 6) is 1.92. The fourth-order valence-corrected chi connectivity index (χ4v) is 4.63. The van der Waals surface area contributed by atoms with Gasteiger partial charge in [-0.3, -0.25) is 0 Å². The molecule has 0 aromatic heterocycles. The van der Waals surface area contributed by atoms with E-state index in [0.717, 1.165) is 18.4 Å². The minimum Gasteiger partial charge on any atom is -0.323 e. The van der Waals surface area contributed by atoms with Crippen molar-refractivity contribution < 1.29 is 0 Å². The third-order valence-electron chi connectivity index (χ3n) is 5.37. The molecule has 1 aromatic rings. The number of nitrogens with zero attached hydrogens (tertiary/aromatic N) is 1. The molecule has 1 aromatic carbocycles. The Bertz CT molecular complexity index is 459. The monoisotopic (exact) mass is 272 g/mol. The standard InChI is InChI=1S/C18H28N2/c1-12-7-13(2)18(14(3)8-12)17(19)11-20-9-15-5-4-6-16(15)10-20/h7-8,15-17H,4-6,9-11,19H2,1-3H3. The maximum Gasteiger partial charge on any atom is 0.0429 e. The number of hydrogen-bond acceptors (Lipinski definition) is 2. The van der Waals surface area contributed by atoms with Crippen LogP contribution in [0, 0.1) is 32.6 Å². The van der Waals surface area contributed by atoms with Crippen molar-refractivity contribution in [2.45, 2.75) is 46.1 Å². The molecule has 1 saturated heterocycles. The normalized spacial score (nSPS) is 27.8. The van der Waals surface area contributed by atoms with E-state index >= 15 is 0 Å². The van der Waals surface area contributed by atoms with E-state index in [1.54, 1.807) is 0 Å². The van der Waals surface area contributed by atoms with Crippen LogP contribution in [0.5, 0.6) is 0 Å². The summed E-state index contributed by atoms with van der Waals surface area (Å²) in [7, 11) is 0. The molecule has 3 atom stereocenters. The fraction of sp³-hybridized carbons (Fsp3) is 0.667. The Morgan fingerprint density at radius 3 is 2.20 bits per heavy atom. The summed E-state index contributed by atoms with van der Waals surface area (Å²) in [6, 6.07) is 4.69. The van der Waals surface area contributed by atoms with E-state index in [4.69, 9.17) is 5.73 Å². The molecule has 1 saturated carbocycles. The van der Waals surface area contributed by atoms with Gasteiger partial charge < -0.3 is 10.6 Å². The molecule has 0 amide bonds. The van der Waals surface area contributed by atoms with Crippen molar-refractivity contribution in [1.29, 1.82) is 0 Å². The van der Waals surface area contributed by atoms with Crippen LogP contribution < -0.4 is 5.73 Å². The molecule has 2 fully saturated rings. The highest BCUT2D eigenvalue weighted by Gasteiger charge is 2.36. The topological polar surface area (TPSA) is 29.3 Å². The van der Waals surface area contributed by atoms with Crippen molar-refractivity contribution in [2.75, 3.05) is 19.6 Å². The van der Waals surface area contributed by atoms with Crippen molar-refractivity contribution in [3.05, 3.63) is 34.4 Å². The number of fused-ring (bicyclic) bond motifs is 1. The molecule has 0 radical (unpaired) electrons. The summed E-state index contributed by atoms with van der Waals surface area (Å²) < 4.78 is 0. The molecule has 1 aliphatic heterocycles. The number of nitrogens with two attached hydrogens (primary N) is 1. The molecule has 0 spiro atoms. The highest BCUT2D eigenvalue weighted by molar-refractivity contribution is 5.39. The van der Waals surface area contributed by atoms with Gasteiger partial charge in [-0.1, -0.05) is 24.1 Å². The zero-order valence-corrected chi connectivity index (χ0v) is 13.2. The van der Waals surface area contributed by atoms with Gasteiger partial charge in [-0.05, 0) is 62.1 Å². The summed E-state index contributed by atoms with van der Waals surface area (Å²) in [5, 5.41) is 0. The molecule has 20 heavy (non-hydrogen) atoms. The first-order chi connectivity index (χ1) is 9.54. The van der Waals surface area contributed by atoms with Gasteiger partial charge in [-0.15, -0.1) is 0 Å². The molecule has 2 heteroatoms. The van der Waals surface area contributed by atoms with Crippen LogP contribution in [-0.2, 0) is 0 Å². The largest absolute Gasteiger partial charge is 0.323 e. The number of hydrogen-bond donors (Lipinski definition) is 1. The first-order valence-corrected chi connectivity index (χ1v) is 8.10. The van der Waals surface area contributed by atoms with Gasteiger partial charge in [-0.2, -0.15) is 0 Å². The van der Waals surface area contributed by atoms with E-state index in [-0.39, 0.29) is 6.04 Å². The number of benzene rings is 1. The Morgan fingerprint density at radius 1 is 1.10 bits per heavy atom. The van der Waals surface area contributed by atoms with E-state index in [2.05, 4.69) is 37.8 Å². The Hall–Kier alpha value is -0.860. The minimum absolute atomic E-state index is 0.162. The molecule has 3 unspecified atom stereocenters. The fourth-order valence-electron chi connectivity index (χ4n) is 4.63. The molecular formula is C18H28N2. The van der Waals surface area contributed by atoms with E-state index in [0.29, 0.717) is 0 Å². The summed E-state index contributed by atoms with van der Waals surface area (Å²) >= 11 is 0. The van der Waals surface area contributed by atoms with Gasteiger partial charge in [0.05, 0.1) is 0 Å². The van der Waals surface area contributed by atoms with Gasteiger partial charge in [-0.25, -0.2) is 0 Å². The van der Waals surface area contributed by atoms with Crippen LogP contribution >= 0.6 is 0 Å². The van der Waals surface area contributed by atoms with Crippen LogP contribution in [0.15, 0.2) is 12.1 Å². The van der Waals surface area contributed by atoms with E-state index in [1.807, 2.05) is 0 Å². The molecule has 110 valence electrons. The van der Waals surface area contributed by atoms with Gasteiger partial charge >= 0.3 is 0 Å². The third kappa shape index (κ3) is 2.64. The van der Waals surface area contributed by atoms with Crippen molar-refractivity contribution in [3.63, 3.8) is 0 Å². The molecule has 3 rings (SSSR count). The lowest BCUT2D eigenvalue weighted by atomic mass is 9.94. The SMILES string of the molecule is Cc1cc(C)c(C(N)CN2CC3CCCC3C2)c(C)c1. The molecular weight excluding hydrogens is 244 g/mol. The van der Waals surface area contributed by atoms with Crippen LogP contribution in [0.1, 0.15) is 47.6 Å². The predicted octanol–water partition coefficient (Wildman–Crippen LogP) is 3.34. The maximum absolute atomic E-state index is 6.54. The number of likely N-dealkylation sites (tertiary alicyclic amines) is 1. The van der Waals surface area contributed by atoms with E-state index in [1.165, 1.54) is 54.6 Å². The summed E-state index contributed by atoms with van der Waals surface area (Å²) in [6.07, 6.45) is 4.34. The lowest BCUT2D eigenvalue weighted by molar-refractivity contribution is 0.291. The zero-order chi connectivity index (χ0) is 14.3. The van der Waals surface area contributed by atoms with Crippen LogP contribution in [0.2, 0.25) is 0 Å². The molecule has 1 aliphatic carbocycles. The number of rotatable bonds is 3. The van der Waals surface area contributed by atoms with Gasteiger partial charge in [0, 0.05) is 25.7 Å². The summed E-state index contributed by atoms with van der Waals surface area (Å²) in [4.78, 5) is 2.61. The average molecular weight is 272 g/mol. The second-order valence-corrected chi connectivity index (χ2v) is 7.09. The highest BCUT2D eigenvalue weighted by Crippen LogP contribution is 2.38.